The maximum atomic E-state index is 12.5. The second-order valence-electron chi connectivity index (χ2n) is 5.89. The summed E-state index contributed by atoms with van der Waals surface area (Å²) in [6.07, 6.45) is 0. The van der Waals surface area contributed by atoms with E-state index in [1.165, 1.54) is 18.2 Å². The molecule has 0 spiro atoms. The molecular weight excluding hydrogens is 402 g/mol. The van der Waals surface area contributed by atoms with Gasteiger partial charge in [-0.2, -0.15) is 8.42 Å². The number of hydrogen-bond acceptors (Lipinski definition) is 4. The zero-order valence-corrected chi connectivity index (χ0v) is 16.0. The summed E-state index contributed by atoms with van der Waals surface area (Å²) < 4.78 is 24.3. The van der Waals surface area contributed by atoms with Gasteiger partial charge in [0, 0.05) is 21.8 Å². The van der Waals surface area contributed by atoms with Crippen LogP contribution in [0.25, 0.3) is 11.1 Å². The van der Waals surface area contributed by atoms with Gasteiger partial charge in [-0.1, -0.05) is 48.0 Å². The second-order valence-corrected chi connectivity index (χ2v) is 7.60. The number of anilines is 2. The van der Waals surface area contributed by atoms with E-state index in [4.69, 9.17) is 16.7 Å². The van der Waals surface area contributed by atoms with Crippen LogP contribution in [0.3, 0.4) is 0 Å². The lowest BCUT2D eigenvalue weighted by molar-refractivity contribution is 0.102. The van der Waals surface area contributed by atoms with E-state index in [1.54, 1.807) is 18.2 Å². The summed E-state index contributed by atoms with van der Waals surface area (Å²) in [5, 5.41) is 17.6. The van der Waals surface area contributed by atoms with E-state index in [-0.39, 0.29) is 17.1 Å². The summed E-state index contributed by atoms with van der Waals surface area (Å²) in [4.78, 5) is 12.5. The zero-order chi connectivity index (χ0) is 20.3. The highest BCUT2D eigenvalue weighted by atomic mass is 35.5. The number of phenols is 1. The monoisotopic (exact) mass is 417 g/mol. The molecule has 0 aliphatic heterocycles. The number of halogens is 1. The molecule has 0 aliphatic carbocycles. The molecule has 0 aromatic heterocycles. The molecule has 7 nitrogen and oxygen atoms in total. The van der Waals surface area contributed by atoms with Crippen molar-refractivity contribution in [3.05, 3.63) is 77.3 Å². The van der Waals surface area contributed by atoms with Crippen molar-refractivity contribution >= 4 is 39.1 Å². The Morgan fingerprint density at radius 1 is 1.00 bits per heavy atom. The lowest BCUT2D eigenvalue weighted by Gasteiger charge is -2.11. The molecule has 0 bridgehead atoms. The van der Waals surface area contributed by atoms with Gasteiger partial charge in [0.15, 0.2) is 0 Å². The van der Waals surface area contributed by atoms with Crippen LogP contribution >= 0.6 is 11.6 Å². The summed E-state index contributed by atoms with van der Waals surface area (Å²) in [6.45, 7) is 0. The van der Waals surface area contributed by atoms with Gasteiger partial charge in [0.1, 0.15) is 5.75 Å². The van der Waals surface area contributed by atoms with E-state index in [0.717, 1.165) is 11.1 Å². The third kappa shape index (κ3) is 4.80. The van der Waals surface area contributed by atoms with Crippen LogP contribution in [-0.4, -0.2) is 19.4 Å². The van der Waals surface area contributed by atoms with Crippen molar-refractivity contribution < 1.29 is 18.3 Å². The van der Waals surface area contributed by atoms with Crippen LogP contribution in [0.15, 0.2) is 66.7 Å². The molecule has 3 rings (SSSR count). The lowest BCUT2D eigenvalue weighted by atomic mass is 10.0. The smallest absolute Gasteiger partial charge is 0.296 e. The zero-order valence-electron chi connectivity index (χ0n) is 14.4. The fourth-order valence-corrected chi connectivity index (χ4v) is 3.32. The Hall–Kier alpha value is -3.07. The quantitative estimate of drug-likeness (QED) is 0.374. The predicted octanol–water partition coefficient (Wildman–Crippen LogP) is 3.58. The second kappa shape index (κ2) is 7.89. The van der Waals surface area contributed by atoms with Crippen LogP contribution in [0.1, 0.15) is 10.4 Å². The van der Waals surface area contributed by atoms with E-state index < -0.39 is 16.1 Å². The Bertz CT molecular complexity index is 1140. The summed E-state index contributed by atoms with van der Waals surface area (Å²) >= 11 is 6.33. The number of carbonyl (C=O) groups is 1. The average Bonchev–Trinajstić information content (AvgIpc) is 2.64. The molecule has 0 saturated carbocycles. The maximum absolute atomic E-state index is 12.5. The molecule has 0 heterocycles. The van der Waals surface area contributed by atoms with Crippen molar-refractivity contribution in [3.8, 4) is 16.9 Å². The SMILES string of the molecule is NS(=O)(=O)Nc1cc(NC(=O)c2ccc(-c3ccccc3)c(Cl)c2)ccc1O. The molecule has 28 heavy (non-hydrogen) atoms. The fourth-order valence-electron chi connectivity index (χ4n) is 2.56. The van der Waals surface area contributed by atoms with Gasteiger partial charge < -0.3 is 10.4 Å². The van der Waals surface area contributed by atoms with Crippen molar-refractivity contribution in [3.63, 3.8) is 0 Å². The molecule has 144 valence electrons. The van der Waals surface area contributed by atoms with Gasteiger partial charge in [0.05, 0.1) is 5.69 Å². The highest BCUT2D eigenvalue weighted by Gasteiger charge is 2.13. The van der Waals surface area contributed by atoms with Gasteiger partial charge in [0.25, 0.3) is 16.1 Å². The lowest BCUT2D eigenvalue weighted by Crippen LogP contribution is -2.22. The minimum absolute atomic E-state index is 0.155. The standard InChI is InChI=1S/C19H16ClN3O4S/c20-16-10-13(6-8-15(16)12-4-2-1-3-5-12)19(25)22-14-7-9-18(24)17(11-14)23-28(21,26)27/h1-11,23-24H,(H,22,25)(H2,21,26,27). The maximum Gasteiger partial charge on any atom is 0.296 e. The van der Waals surface area contributed by atoms with Crippen molar-refractivity contribution in [2.75, 3.05) is 10.0 Å². The summed E-state index contributed by atoms with van der Waals surface area (Å²) in [7, 11) is -4.07. The van der Waals surface area contributed by atoms with Crippen molar-refractivity contribution in [1.29, 1.82) is 0 Å². The minimum atomic E-state index is -4.07. The first-order valence-electron chi connectivity index (χ1n) is 8.03. The first-order chi connectivity index (χ1) is 13.2. The number of aromatic hydroxyl groups is 1. The van der Waals surface area contributed by atoms with Gasteiger partial charge in [-0.15, -0.1) is 0 Å². The number of phenolic OH excluding ortho intramolecular Hbond substituents is 1. The minimum Gasteiger partial charge on any atom is -0.506 e. The molecule has 0 fully saturated rings. The first kappa shape index (κ1) is 19.7. The van der Waals surface area contributed by atoms with E-state index in [2.05, 4.69) is 5.32 Å². The summed E-state index contributed by atoms with van der Waals surface area (Å²) in [6, 6.07) is 18.3. The molecule has 5 N–H and O–H groups in total. The normalized spacial score (nSPS) is 11.1. The molecule has 3 aromatic carbocycles. The van der Waals surface area contributed by atoms with E-state index in [1.807, 2.05) is 35.1 Å². The van der Waals surface area contributed by atoms with Gasteiger partial charge in [-0.05, 0) is 35.9 Å². The third-order valence-corrected chi connectivity index (χ3v) is 4.64. The number of nitrogens with two attached hydrogens (primary N) is 1. The van der Waals surface area contributed by atoms with Gasteiger partial charge in [-0.3, -0.25) is 9.52 Å². The predicted molar refractivity (Wildman–Crippen MR) is 110 cm³/mol. The number of benzene rings is 3. The third-order valence-electron chi connectivity index (χ3n) is 3.82. The highest BCUT2D eigenvalue weighted by molar-refractivity contribution is 7.90. The Morgan fingerprint density at radius 3 is 2.36 bits per heavy atom. The largest absolute Gasteiger partial charge is 0.506 e. The van der Waals surface area contributed by atoms with Gasteiger partial charge in [-0.25, -0.2) is 5.14 Å². The van der Waals surface area contributed by atoms with Crippen LogP contribution in [0.2, 0.25) is 5.02 Å². The summed E-state index contributed by atoms with van der Waals surface area (Å²) in [5.74, 6) is -0.781. The Kier molecular flexibility index (Phi) is 5.55. The molecule has 0 atom stereocenters. The Balaban J connectivity index is 1.82. The number of amides is 1. The van der Waals surface area contributed by atoms with Gasteiger partial charge >= 0.3 is 0 Å². The number of hydrogen-bond donors (Lipinski definition) is 4. The first-order valence-corrected chi connectivity index (χ1v) is 9.95. The molecule has 0 radical (unpaired) electrons. The van der Waals surface area contributed by atoms with Crippen molar-refractivity contribution in [2.24, 2.45) is 5.14 Å². The van der Waals surface area contributed by atoms with E-state index in [0.29, 0.717) is 10.6 Å². The van der Waals surface area contributed by atoms with Crippen LogP contribution in [0.4, 0.5) is 11.4 Å². The summed E-state index contributed by atoms with van der Waals surface area (Å²) in [5.41, 5.74) is 2.15. The molecule has 1 amide bonds. The molecule has 9 heteroatoms. The topological polar surface area (TPSA) is 122 Å². The molecular formula is C19H16ClN3O4S. The van der Waals surface area contributed by atoms with E-state index >= 15 is 0 Å². The molecule has 3 aromatic rings. The van der Waals surface area contributed by atoms with Crippen LogP contribution in [-0.2, 0) is 10.2 Å². The van der Waals surface area contributed by atoms with E-state index in [9.17, 15) is 18.3 Å². The van der Waals surface area contributed by atoms with Crippen LogP contribution < -0.4 is 15.2 Å². The average molecular weight is 418 g/mol. The van der Waals surface area contributed by atoms with Crippen molar-refractivity contribution in [1.82, 2.24) is 0 Å². The molecule has 0 aliphatic rings. The highest BCUT2D eigenvalue weighted by Crippen LogP contribution is 2.30. The van der Waals surface area contributed by atoms with Crippen LogP contribution in [0.5, 0.6) is 5.75 Å². The number of carbonyl (C=O) groups excluding carboxylic acids is 1. The number of rotatable bonds is 5. The van der Waals surface area contributed by atoms with Crippen LogP contribution in [0, 0.1) is 0 Å². The molecule has 0 unspecified atom stereocenters. The Labute approximate surface area is 167 Å². The fraction of sp³-hybridized carbons (Fsp3) is 0. The Morgan fingerprint density at radius 2 is 1.71 bits per heavy atom. The van der Waals surface area contributed by atoms with Crippen molar-refractivity contribution in [2.45, 2.75) is 0 Å². The molecule has 0 saturated heterocycles. The van der Waals surface area contributed by atoms with Gasteiger partial charge in [0.2, 0.25) is 0 Å². The number of nitrogens with one attached hydrogen (secondary N) is 2.